The van der Waals surface area contributed by atoms with Crippen molar-refractivity contribution in [3.05, 3.63) is 29.8 Å². The van der Waals surface area contributed by atoms with Crippen LogP contribution in [0, 0.1) is 6.92 Å². The number of hydrogen-bond acceptors (Lipinski definition) is 6. The number of aromatic nitrogens is 4. The molecule has 0 bridgehead atoms. The first-order valence-electron chi connectivity index (χ1n) is 8.23. The Hall–Kier alpha value is -2.73. The standard InChI is InChI=1S/C15H20N6O5S/c1-11-13(9-16-18(11)2)27(25,26)21-7-5-19(6-8-21)15(24)12-3-4-20(17-12)10-14(22)23/h3-4,9H,5-8,10H2,1-2H3,(H,22,23). The lowest BCUT2D eigenvalue weighted by atomic mass is 10.3. The molecule has 0 aliphatic carbocycles. The van der Waals surface area contributed by atoms with Crippen LogP contribution < -0.4 is 0 Å². The first-order chi connectivity index (χ1) is 12.7. The summed E-state index contributed by atoms with van der Waals surface area (Å²) in [6.45, 7) is 2.14. The van der Waals surface area contributed by atoms with Crippen LogP contribution in [0.25, 0.3) is 0 Å². The van der Waals surface area contributed by atoms with Gasteiger partial charge in [0.2, 0.25) is 10.0 Å². The molecule has 3 heterocycles. The number of nitrogens with zero attached hydrogens (tertiary/aromatic N) is 6. The molecule has 1 aliphatic rings. The zero-order chi connectivity index (χ0) is 19.8. The van der Waals surface area contributed by atoms with Crippen LogP contribution in [0.15, 0.2) is 23.4 Å². The average molecular weight is 396 g/mol. The van der Waals surface area contributed by atoms with Gasteiger partial charge in [-0.25, -0.2) is 8.42 Å². The summed E-state index contributed by atoms with van der Waals surface area (Å²) in [4.78, 5) is 24.9. The number of carboxylic acids is 1. The Bertz CT molecular complexity index is 971. The van der Waals surface area contributed by atoms with Crippen LogP contribution in [0.1, 0.15) is 16.2 Å². The number of amides is 1. The minimum atomic E-state index is -3.67. The van der Waals surface area contributed by atoms with E-state index >= 15 is 0 Å². The molecule has 27 heavy (non-hydrogen) atoms. The minimum Gasteiger partial charge on any atom is -0.480 e. The number of sulfonamides is 1. The summed E-state index contributed by atoms with van der Waals surface area (Å²) in [5.74, 6) is -1.41. The molecule has 1 amide bonds. The molecule has 0 saturated carbocycles. The summed E-state index contributed by atoms with van der Waals surface area (Å²) in [5.41, 5.74) is 0.688. The van der Waals surface area contributed by atoms with Crippen LogP contribution in [0.4, 0.5) is 0 Å². The van der Waals surface area contributed by atoms with E-state index in [2.05, 4.69) is 10.2 Å². The predicted octanol–water partition coefficient (Wildman–Crippen LogP) is -0.844. The van der Waals surface area contributed by atoms with Crippen molar-refractivity contribution in [2.75, 3.05) is 26.2 Å². The van der Waals surface area contributed by atoms with Crippen molar-refractivity contribution in [2.45, 2.75) is 18.4 Å². The minimum absolute atomic E-state index is 0.135. The Morgan fingerprint density at radius 2 is 1.89 bits per heavy atom. The molecule has 1 N–H and O–H groups in total. The first kappa shape index (κ1) is 19.0. The highest BCUT2D eigenvalue weighted by atomic mass is 32.2. The number of rotatable bonds is 5. The average Bonchev–Trinajstić information content (AvgIpc) is 3.21. The normalized spacial score (nSPS) is 15.9. The number of carbonyl (C=O) groups excluding carboxylic acids is 1. The van der Waals surface area contributed by atoms with Crippen molar-refractivity contribution >= 4 is 21.9 Å². The third kappa shape index (κ3) is 3.71. The van der Waals surface area contributed by atoms with Crippen molar-refractivity contribution in [3.8, 4) is 0 Å². The molecule has 0 unspecified atom stereocenters. The smallest absolute Gasteiger partial charge is 0.325 e. The lowest BCUT2D eigenvalue weighted by Gasteiger charge is -2.33. The molecule has 1 aliphatic heterocycles. The zero-order valence-electron chi connectivity index (χ0n) is 14.9. The van der Waals surface area contributed by atoms with E-state index in [1.54, 1.807) is 14.0 Å². The molecular formula is C15H20N6O5S. The molecule has 2 aromatic heterocycles. The predicted molar refractivity (Wildman–Crippen MR) is 92.5 cm³/mol. The largest absolute Gasteiger partial charge is 0.480 e. The topological polar surface area (TPSA) is 131 Å². The fraction of sp³-hybridized carbons (Fsp3) is 0.467. The van der Waals surface area contributed by atoms with Gasteiger partial charge in [-0.1, -0.05) is 0 Å². The Kier molecular flexibility index (Phi) is 5.02. The van der Waals surface area contributed by atoms with Gasteiger partial charge in [-0.15, -0.1) is 0 Å². The van der Waals surface area contributed by atoms with Crippen LogP contribution >= 0.6 is 0 Å². The van der Waals surface area contributed by atoms with Gasteiger partial charge in [0.15, 0.2) is 0 Å². The van der Waals surface area contributed by atoms with E-state index in [1.165, 1.54) is 37.0 Å². The van der Waals surface area contributed by atoms with Crippen LogP contribution in [-0.4, -0.2) is 80.3 Å². The fourth-order valence-corrected chi connectivity index (χ4v) is 4.47. The second-order valence-corrected chi connectivity index (χ2v) is 8.11. The van der Waals surface area contributed by atoms with Crippen molar-refractivity contribution in [3.63, 3.8) is 0 Å². The molecule has 0 spiro atoms. The third-order valence-corrected chi connectivity index (χ3v) is 6.49. The van der Waals surface area contributed by atoms with Crippen LogP contribution in [0.2, 0.25) is 0 Å². The van der Waals surface area contributed by atoms with Crippen molar-refractivity contribution in [1.82, 2.24) is 28.8 Å². The summed E-state index contributed by atoms with van der Waals surface area (Å²) in [6.07, 6.45) is 2.75. The van der Waals surface area contributed by atoms with Crippen molar-refractivity contribution in [2.24, 2.45) is 7.05 Å². The van der Waals surface area contributed by atoms with Gasteiger partial charge in [0.05, 0.1) is 11.9 Å². The van der Waals surface area contributed by atoms with Gasteiger partial charge in [-0.05, 0) is 13.0 Å². The number of aliphatic carboxylic acids is 1. The van der Waals surface area contributed by atoms with Crippen LogP contribution in [0.5, 0.6) is 0 Å². The quantitative estimate of drug-likeness (QED) is 0.697. The Morgan fingerprint density at radius 3 is 2.44 bits per heavy atom. The number of carbonyl (C=O) groups is 2. The monoisotopic (exact) mass is 396 g/mol. The van der Waals surface area contributed by atoms with Gasteiger partial charge < -0.3 is 10.0 Å². The van der Waals surface area contributed by atoms with E-state index in [0.717, 1.165) is 0 Å². The van der Waals surface area contributed by atoms with E-state index in [1.807, 2.05) is 0 Å². The van der Waals surface area contributed by atoms with Gasteiger partial charge >= 0.3 is 5.97 Å². The lowest BCUT2D eigenvalue weighted by Crippen LogP contribution is -2.50. The van der Waals surface area contributed by atoms with E-state index < -0.39 is 16.0 Å². The second kappa shape index (κ2) is 7.12. The number of carboxylic acid groups (broad SMARTS) is 1. The van der Waals surface area contributed by atoms with Gasteiger partial charge in [0.1, 0.15) is 17.1 Å². The SMILES string of the molecule is Cc1c(S(=O)(=O)N2CCN(C(=O)c3ccn(CC(=O)O)n3)CC2)cnn1C. The first-order valence-corrected chi connectivity index (χ1v) is 9.67. The highest BCUT2D eigenvalue weighted by Crippen LogP contribution is 2.20. The lowest BCUT2D eigenvalue weighted by molar-refractivity contribution is -0.137. The number of hydrogen-bond donors (Lipinski definition) is 1. The molecule has 0 atom stereocenters. The zero-order valence-corrected chi connectivity index (χ0v) is 15.8. The second-order valence-electron chi connectivity index (χ2n) is 6.21. The molecule has 2 aromatic rings. The van der Waals surface area contributed by atoms with Crippen molar-refractivity contribution < 1.29 is 23.1 Å². The third-order valence-electron chi connectivity index (χ3n) is 4.49. The molecule has 11 nitrogen and oxygen atoms in total. The highest BCUT2D eigenvalue weighted by molar-refractivity contribution is 7.89. The maximum absolute atomic E-state index is 12.8. The number of aryl methyl sites for hydroxylation is 1. The van der Waals surface area contributed by atoms with Gasteiger partial charge in [-0.2, -0.15) is 14.5 Å². The molecule has 1 saturated heterocycles. The Labute approximate surface area is 155 Å². The van der Waals surface area contributed by atoms with Crippen molar-refractivity contribution in [1.29, 1.82) is 0 Å². The summed E-state index contributed by atoms with van der Waals surface area (Å²) < 4.78 is 29.5. The fourth-order valence-electron chi connectivity index (χ4n) is 2.87. The molecule has 0 aromatic carbocycles. The number of piperazine rings is 1. The molecule has 3 rings (SSSR count). The van der Waals surface area contributed by atoms with E-state index in [9.17, 15) is 18.0 Å². The van der Waals surface area contributed by atoms with E-state index in [4.69, 9.17) is 5.11 Å². The van der Waals surface area contributed by atoms with Crippen LogP contribution in [0.3, 0.4) is 0 Å². The highest BCUT2D eigenvalue weighted by Gasteiger charge is 2.33. The van der Waals surface area contributed by atoms with Gasteiger partial charge in [0, 0.05) is 39.4 Å². The maximum Gasteiger partial charge on any atom is 0.325 e. The van der Waals surface area contributed by atoms with Gasteiger partial charge in [0.25, 0.3) is 5.91 Å². The molecule has 146 valence electrons. The molecular weight excluding hydrogens is 376 g/mol. The summed E-state index contributed by atoms with van der Waals surface area (Å²) >= 11 is 0. The summed E-state index contributed by atoms with van der Waals surface area (Å²) in [5, 5.41) is 16.7. The van der Waals surface area contributed by atoms with Crippen LogP contribution in [-0.2, 0) is 28.4 Å². The molecule has 0 radical (unpaired) electrons. The van der Waals surface area contributed by atoms with E-state index in [0.29, 0.717) is 5.69 Å². The molecule has 1 fully saturated rings. The Morgan fingerprint density at radius 1 is 1.22 bits per heavy atom. The Balaban J connectivity index is 1.66. The molecule has 12 heteroatoms. The maximum atomic E-state index is 12.8. The van der Waals surface area contributed by atoms with Gasteiger partial charge in [-0.3, -0.25) is 19.0 Å². The van der Waals surface area contributed by atoms with E-state index in [-0.39, 0.29) is 49.2 Å². The summed E-state index contributed by atoms with van der Waals surface area (Å²) in [7, 11) is -1.99. The summed E-state index contributed by atoms with van der Waals surface area (Å²) in [6, 6.07) is 1.45.